The van der Waals surface area contributed by atoms with Gasteiger partial charge in [0.15, 0.2) is 0 Å². The fourth-order valence-corrected chi connectivity index (χ4v) is 3.43. The largest absolute Gasteiger partial charge is 0.393 e. The number of carbonyl (C=O) groups is 1. The number of nitrogens with two attached hydrogens (primary N) is 1. The Morgan fingerprint density at radius 3 is 2.60 bits per heavy atom. The van der Waals surface area contributed by atoms with Crippen LogP contribution in [0.15, 0.2) is 0 Å². The molecule has 2 aliphatic rings. The number of alkyl halides is 3. The first-order chi connectivity index (χ1) is 9.41. The van der Waals surface area contributed by atoms with Gasteiger partial charge in [-0.3, -0.25) is 4.79 Å². The maximum Gasteiger partial charge on any atom is 0.393 e. The normalized spacial score (nSPS) is 32.2. The summed E-state index contributed by atoms with van der Waals surface area (Å²) in [5, 5.41) is 0. The van der Waals surface area contributed by atoms with Crippen LogP contribution < -0.4 is 5.73 Å². The monoisotopic (exact) mass is 292 g/mol. The van der Waals surface area contributed by atoms with Crippen molar-refractivity contribution in [2.24, 2.45) is 23.5 Å². The van der Waals surface area contributed by atoms with Gasteiger partial charge in [0.1, 0.15) is 0 Å². The molecule has 2 rings (SSSR count). The van der Waals surface area contributed by atoms with Crippen LogP contribution in [-0.4, -0.2) is 36.6 Å². The highest BCUT2D eigenvalue weighted by atomic mass is 19.4. The van der Waals surface area contributed by atoms with Gasteiger partial charge in [-0.15, -0.1) is 0 Å². The quantitative estimate of drug-likeness (QED) is 0.850. The van der Waals surface area contributed by atoms with Gasteiger partial charge >= 0.3 is 6.18 Å². The molecule has 0 aromatic heterocycles. The van der Waals surface area contributed by atoms with Crippen molar-refractivity contribution in [3.8, 4) is 0 Å². The molecule has 3 unspecified atom stereocenters. The number of hydrogen-bond donors (Lipinski definition) is 1. The van der Waals surface area contributed by atoms with Crippen molar-refractivity contribution in [3.63, 3.8) is 0 Å². The lowest BCUT2D eigenvalue weighted by molar-refractivity contribution is -0.189. The molecule has 2 fully saturated rings. The Hall–Kier alpha value is -0.780. The smallest absolute Gasteiger partial charge is 0.342 e. The average Bonchev–Trinajstić information content (AvgIpc) is 2.46. The zero-order valence-electron chi connectivity index (χ0n) is 11.7. The van der Waals surface area contributed by atoms with Crippen LogP contribution in [0.4, 0.5) is 13.2 Å². The van der Waals surface area contributed by atoms with Gasteiger partial charge in [-0.25, -0.2) is 0 Å². The van der Waals surface area contributed by atoms with Crippen LogP contribution in [0, 0.1) is 17.8 Å². The van der Waals surface area contributed by atoms with E-state index in [0.29, 0.717) is 25.4 Å². The molecule has 1 amide bonds. The summed E-state index contributed by atoms with van der Waals surface area (Å²) in [6.45, 7) is 0.871. The number of halogens is 3. The Morgan fingerprint density at radius 2 is 1.95 bits per heavy atom. The highest BCUT2D eigenvalue weighted by Crippen LogP contribution is 2.35. The fraction of sp³-hybridized carbons (Fsp3) is 0.929. The van der Waals surface area contributed by atoms with Crippen LogP contribution in [0.2, 0.25) is 0 Å². The van der Waals surface area contributed by atoms with Crippen molar-refractivity contribution in [2.45, 2.75) is 44.7 Å². The molecule has 1 heterocycles. The number of rotatable bonds is 2. The summed E-state index contributed by atoms with van der Waals surface area (Å²) < 4.78 is 38.3. The second-order valence-electron chi connectivity index (χ2n) is 6.13. The van der Waals surface area contributed by atoms with E-state index in [1.165, 1.54) is 4.90 Å². The third-order valence-corrected chi connectivity index (χ3v) is 4.66. The van der Waals surface area contributed by atoms with E-state index in [9.17, 15) is 18.0 Å². The van der Waals surface area contributed by atoms with Crippen LogP contribution in [0.5, 0.6) is 0 Å². The summed E-state index contributed by atoms with van der Waals surface area (Å²) in [6, 6.07) is 0. The third-order valence-electron chi connectivity index (χ3n) is 4.66. The lowest BCUT2D eigenvalue weighted by Gasteiger charge is -2.37. The van der Waals surface area contributed by atoms with Gasteiger partial charge in [0.05, 0.1) is 5.92 Å². The third kappa shape index (κ3) is 3.65. The SMILES string of the molecule is NCC1CCCC(C(=O)N2CCCC(C(F)(F)F)C2)C1. The predicted octanol–water partition coefficient (Wildman–Crippen LogP) is 2.55. The fourth-order valence-electron chi connectivity index (χ4n) is 3.43. The summed E-state index contributed by atoms with van der Waals surface area (Å²) in [4.78, 5) is 13.8. The highest BCUT2D eigenvalue weighted by molar-refractivity contribution is 5.79. The van der Waals surface area contributed by atoms with Crippen LogP contribution in [0.25, 0.3) is 0 Å². The van der Waals surface area contributed by atoms with Crippen LogP contribution in [0.1, 0.15) is 38.5 Å². The van der Waals surface area contributed by atoms with E-state index in [4.69, 9.17) is 5.73 Å². The topological polar surface area (TPSA) is 46.3 Å². The van der Waals surface area contributed by atoms with E-state index in [1.54, 1.807) is 0 Å². The number of carbonyl (C=O) groups excluding carboxylic acids is 1. The maximum atomic E-state index is 12.8. The molecular weight excluding hydrogens is 269 g/mol. The number of nitrogens with zero attached hydrogens (tertiary/aromatic N) is 1. The first-order valence-electron chi connectivity index (χ1n) is 7.47. The van der Waals surface area contributed by atoms with Crippen molar-refractivity contribution in [3.05, 3.63) is 0 Å². The summed E-state index contributed by atoms with van der Waals surface area (Å²) >= 11 is 0. The van der Waals surface area contributed by atoms with Gasteiger partial charge in [0, 0.05) is 19.0 Å². The van der Waals surface area contributed by atoms with E-state index in [0.717, 1.165) is 25.7 Å². The van der Waals surface area contributed by atoms with E-state index < -0.39 is 12.1 Å². The van der Waals surface area contributed by atoms with E-state index in [1.807, 2.05) is 0 Å². The van der Waals surface area contributed by atoms with Gasteiger partial charge in [-0.1, -0.05) is 6.42 Å². The summed E-state index contributed by atoms with van der Waals surface area (Å²) in [5.41, 5.74) is 5.65. The van der Waals surface area contributed by atoms with Crippen molar-refractivity contribution >= 4 is 5.91 Å². The molecule has 0 bridgehead atoms. The minimum atomic E-state index is -4.19. The lowest BCUT2D eigenvalue weighted by atomic mass is 9.80. The standard InChI is InChI=1S/C14H23F3N2O/c15-14(16,17)12-5-2-6-19(9-12)13(20)11-4-1-3-10(7-11)8-18/h10-12H,1-9,18H2. The average molecular weight is 292 g/mol. The number of likely N-dealkylation sites (tertiary alicyclic amines) is 1. The van der Waals surface area contributed by atoms with Crippen LogP contribution >= 0.6 is 0 Å². The summed E-state index contributed by atoms with van der Waals surface area (Å²) in [7, 11) is 0. The Morgan fingerprint density at radius 1 is 1.20 bits per heavy atom. The minimum absolute atomic E-state index is 0.0860. The highest BCUT2D eigenvalue weighted by Gasteiger charge is 2.43. The van der Waals surface area contributed by atoms with Crippen molar-refractivity contribution < 1.29 is 18.0 Å². The van der Waals surface area contributed by atoms with E-state index in [2.05, 4.69) is 0 Å². The van der Waals surface area contributed by atoms with Gasteiger partial charge in [-0.2, -0.15) is 13.2 Å². The molecular formula is C14H23F3N2O. The maximum absolute atomic E-state index is 12.8. The first kappa shape index (κ1) is 15.6. The molecule has 1 saturated heterocycles. The molecule has 6 heteroatoms. The Bertz CT molecular complexity index is 346. The molecule has 0 aromatic rings. The number of hydrogen-bond acceptors (Lipinski definition) is 2. The first-order valence-corrected chi connectivity index (χ1v) is 7.47. The molecule has 20 heavy (non-hydrogen) atoms. The van der Waals surface area contributed by atoms with Gasteiger partial charge in [0.2, 0.25) is 5.91 Å². The second-order valence-corrected chi connectivity index (χ2v) is 6.13. The van der Waals surface area contributed by atoms with Gasteiger partial charge in [-0.05, 0) is 44.6 Å². The zero-order chi connectivity index (χ0) is 14.8. The number of piperidine rings is 1. The molecule has 1 aliphatic heterocycles. The Labute approximate surface area is 117 Å². The van der Waals surface area contributed by atoms with E-state index in [-0.39, 0.29) is 24.8 Å². The minimum Gasteiger partial charge on any atom is -0.342 e. The van der Waals surface area contributed by atoms with Crippen LogP contribution in [0.3, 0.4) is 0 Å². The van der Waals surface area contributed by atoms with Crippen molar-refractivity contribution in [1.29, 1.82) is 0 Å². The molecule has 1 aliphatic carbocycles. The lowest BCUT2D eigenvalue weighted by Crippen LogP contribution is -2.47. The van der Waals surface area contributed by atoms with E-state index >= 15 is 0 Å². The van der Waals surface area contributed by atoms with Crippen LogP contribution in [-0.2, 0) is 4.79 Å². The molecule has 3 atom stereocenters. The number of amides is 1. The molecule has 3 nitrogen and oxygen atoms in total. The molecule has 0 radical (unpaired) electrons. The predicted molar refractivity (Wildman–Crippen MR) is 69.9 cm³/mol. The van der Waals surface area contributed by atoms with Crippen molar-refractivity contribution in [1.82, 2.24) is 4.90 Å². The molecule has 1 saturated carbocycles. The molecule has 116 valence electrons. The Kier molecular flexibility index (Phi) is 4.94. The molecule has 0 aromatic carbocycles. The Balaban J connectivity index is 1.94. The second kappa shape index (κ2) is 6.33. The molecule has 0 spiro atoms. The zero-order valence-corrected chi connectivity index (χ0v) is 11.7. The van der Waals surface area contributed by atoms with Gasteiger partial charge in [0.25, 0.3) is 0 Å². The summed E-state index contributed by atoms with van der Waals surface area (Å²) in [5.74, 6) is -1.21. The van der Waals surface area contributed by atoms with Crippen molar-refractivity contribution in [2.75, 3.05) is 19.6 Å². The summed E-state index contributed by atoms with van der Waals surface area (Å²) in [6.07, 6.45) is -0.0804. The molecule has 2 N–H and O–H groups in total. The van der Waals surface area contributed by atoms with Gasteiger partial charge < -0.3 is 10.6 Å².